The molecule has 0 radical (unpaired) electrons. The summed E-state index contributed by atoms with van der Waals surface area (Å²) in [6.07, 6.45) is 0.00969. The van der Waals surface area contributed by atoms with Gasteiger partial charge >= 0.3 is 5.97 Å². The largest absolute Gasteiger partial charge is 0.479 e. The highest BCUT2D eigenvalue weighted by Crippen LogP contribution is 2.14. The van der Waals surface area contributed by atoms with Crippen LogP contribution in [0.3, 0.4) is 0 Å². The fourth-order valence-corrected chi connectivity index (χ4v) is 1.21. The molecule has 1 aromatic rings. The summed E-state index contributed by atoms with van der Waals surface area (Å²) < 4.78 is 10.2. The van der Waals surface area contributed by atoms with E-state index in [0.29, 0.717) is 12.4 Å². The number of carboxylic acid groups (broad SMARTS) is 1. The highest BCUT2D eigenvalue weighted by molar-refractivity contribution is 5.72. The van der Waals surface area contributed by atoms with E-state index in [1.165, 1.54) is 6.92 Å². The van der Waals surface area contributed by atoms with Gasteiger partial charge in [0, 0.05) is 7.11 Å². The molecule has 0 unspecified atom stereocenters. The smallest absolute Gasteiger partial charge is 0.344 e. The summed E-state index contributed by atoms with van der Waals surface area (Å²) in [5.74, 6) is -0.403. The molecule has 0 saturated carbocycles. The summed E-state index contributed by atoms with van der Waals surface area (Å²) in [5.41, 5.74) is 1.14. The first kappa shape index (κ1) is 12.5. The molecule has 0 saturated heterocycles. The van der Waals surface area contributed by atoms with Crippen LogP contribution in [-0.4, -0.2) is 30.9 Å². The van der Waals surface area contributed by atoms with Crippen molar-refractivity contribution < 1.29 is 19.4 Å². The number of carbonyl (C=O) groups is 1. The minimum absolute atomic E-state index is 0.566. The van der Waals surface area contributed by atoms with Crippen LogP contribution >= 0.6 is 0 Å². The molecule has 1 N–H and O–H groups in total. The third-order valence-electron chi connectivity index (χ3n) is 2.18. The highest BCUT2D eigenvalue weighted by atomic mass is 16.5. The van der Waals surface area contributed by atoms with Gasteiger partial charge in [0.2, 0.25) is 0 Å². The lowest BCUT2D eigenvalue weighted by Gasteiger charge is -2.10. The van der Waals surface area contributed by atoms with Crippen molar-refractivity contribution in [2.75, 3.05) is 13.7 Å². The van der Waals surface area contributed by atoms with E-state index in [-0.39, 0.29) is 0 Å². The van der Waals surface area contributed by atoms with Crippen molar-refractivity contribution >= 4 is 5.97 Å². The molecule has 4 nitrogen and oxygen atoms in total. The second-order valence-electron chi connectivity index (χ2n) is 3.49. The molecule has 0 fully saturated rings. The maximum absolute atomic E-state index is 10.6. The molecule has 0 aromatic heterocycles. The summed E-state index contributed by atoms with van der Waals surface area (Å²) in [4.78, 5) is 10.6. The summed E-state index contributed by atoms with van der Waals surface area (Å²) in [7, 11) is 1.66. The van der Waals surface area contributed by atoms with E-state index in [4.69, 9.17) is 14.6 Å². The fraction of sp³-hybridized carbons (Fsp3) is 0.417. The average Bonchev–Trinajstić information content (AvgIpc) is 2.28. The van der Waals surface area contributed by atoms with Crippen LogP contribution in [0.4, 0.5) is 0 Å². The molecule has 0 spiro atoms. The lowest BCUT2D eigenvalue weighted by atomic mass is 10.1. The van der Waals surface area contributed by atoms with Gasteiger partial charge in [-0.3, -0.25) is 0 Å². The van der Waals surface area contributed by atoms with Crippen molar-refractivity contribution in [3.05, 3.63) is 29.8 Å². The van der Waals surface area contributed by atoms with E-state index in [1.807, 2.05) is 12.1 Å². The summed E-state index contributed by atoms with van der Waals surface area (Å²) >= 11 is 0. The molecule has 1 rings (SSSR count). The average molecular weight is 224 g/mol. The third kappa shape index (κ3) is 3.90. The van der Waals surface area contributed by atoms with Crippen molar-refractivity contribution in [2.45, 2.75) is 19.4 Å². The van der Waals surface area contributed by atoms with Crippen LogP contribution in [0.5, 0.6) is 5.75 Å². The van der Waals surface area contributed by atoms with Gasteiger partial charge in [0.1, 0.15) is 5.75 Å². The predicted octanol–water partition coefficient (Wildman–Crippen LogP) is 1.73. The Bertz CT molecular complexity index is 331. The van der Waals surface area contributed by atoms with Crippen LogP contribution in [0, 0.1) is 0 Å². The topological polar surface area (TPSA) is 55.8 Å². The lowest BCUT2D eigenvalue weighted by molar-refractivity contribution is -0.144. The van der Waals surface area contributed by atoms with Crippen molar-refractivity contribution in [1.29, 1.82) is 0 Å². The molecule has 0 aliphatic carbocycles. The second-order valence-corrected chi connectivity index (χ2v) is 3.49. The molecule has 0 aliphatic rings. The van der Waals surface area contributed by atoms with E-state index in [2.05, 4.69) is 0 Å². The van der Waals surface area contributed by atoms with Gasteiger partial charge in [0.25, 0.3) is 0 Å². The number of hydrogen-bond acceptors (Lipinski definition) is 3. The molecule has 88 valence electrons. The highest BCUT2D eigenvalue weighted by Gasteiger charge is 2.11. The first-order chi connectivity index (χ1) is 7.63. The second kappa shape index (κ2) is 6.12. The molecule has 0 amide bonds. The monoisotopic (exact) mass is 224 g/mol. The van der Waals surface area contributed by atoms with Gasteiger partial charge in [-0.1, -0.05) is 12.1 Å². The van der Waals surface area contributed by atoms with Gasteiger partial charge in [-0.05, 0) is 31.0 Å². The Hall–Kier alpha value is -1.55. The molecule has 0 bridgehead atoms. The van der Waals surface area contributed by atoms with Gasteiger partial charge in [-0.15, -0.1) is 0 Å². The Morgan fingerprint density at radius 3 is 2.50 bits per heavy atom. The summed E-state index contributed by atoms with van der Waals surface area (Å²) in [6.45, 7) is 2.17. The lowest BCUT2D eigenvalue weighted by Crippen LogP contribution is -2.22. The molecule has 16 heavy (non-hydrogen) atoms. The zero-order valence-corrected chi connectivity index (χ0v) is 9.47. The van der Waals surface area contributed by atoms with Crippen molar-refractivity contribution in [3.8, 4) is 5.75 Å². The minimum atomic E-state index is -0.969. The molecule has 0 aliphatic heterocycles. The Morgan fingerprint density at radius 2 is 2.00 bits per heavy atom. The van der Waals surface area contributed by atoms with E-state index < -0.39 is 12.1 Å². The number of ether oxygens (including phenoxy) is 2. The Labute approximate surface area is 94.8 Å². The van der Waals surface area contributed by atoms with Crippen LogP contribution in [0.15, 0.2) is 24.3 Å². The van der Waals surface area contributed by atoms with Crippen LogP contribution < -0.4 is 4.74 Å². The molecular formula is C12H16O4. The van der Waals surface area contributed by atoms with E-state index in [9.17, 15) is 4.79 Å². The van der Waals surface area contributed by atoms with Gasteiger partial charge in [0.05, 0.1) is 6.61 Å². The molecular weight excluding hydrogens is 208 g/mol. The minimum Gasteiger partial charge on any atom is -0.479 e. The van der Waals surface area contributed by atoms with Crippen molar-refractivity contribution in [1.82, 2.24) is 0 Å². The first-order valence-corrected chi connectivity index (χ1v) is 5.11. The number of benzene rings is 1. The van der Waals surface area contributed by atoms with E-state index in [0.717, 1.165) is 12.0 Å². The van der Waals surface area contributed by atoms with Crippen molar-refractivity contribution in [3.63, 3.8) is 0 Å². The number of rotatable bonds is 6. The molecule has 4 heteroatoms. The van der Waals surface area contributed by atoms with Crippen LogP contribution in [-0.2, 0) is 16.0 Å². The predicted molar refractivity (Wildman–Crippen MR) is 59.7 cm³/mol. The van der Waals surface area contributed by atoms with Crippen LogP contribution in [0.2, 0.25) is 0 Å². The zero-order valence-electron chi connectivity index (χ0n) is 9.47. The molecule has 1 atom stereocenters. The fourth-order valence-electron chi connectivity index (χ4n) is 1.21. The van der Waals surface area contributed by atoms with Gasteiger partial charge < -0.3 is 14.6 Å². The van der Waals surface area contributed by atoms with Crippen LogP contribution in [0.1, 0.15) is 12.5 Å². The quantitative estimate of drug-likeness (QED) is 0.799. The molecule has 1 aromatic carbocycles. The number of carboxylic acids is 1. The SMILES string of the molecule is COCCc1ccc(O[C@@H](C)C(=O)O)cc1. The normalized spacial score (nSPS) is 12.1. The van der Waals surface area contributed by atoms with Gasteiger partial charge in [-0.2, -0.15) is 0 Å². The zero-order chi connectivity index (χ0) is 12.0. The van der Waals surface area contributed by atoms with E-state index >= 15 is 0 Å². The first-order valence-electron chi connectivity index (χ1n) is 5.11. The van der Waals surface area contributed by atoms with Gasteiger partial charge in [0.15, 0.2) is 6.10 Å². The maximum Gasteiger partial charge on any atom is 0.344 e. The standard InChI is InChI=1S/C12H16O4/c1-9(12(13)14)16-11-5-3-10(4-6-11)7-8-15-2/h3-6,9H,7-8H2,1-2H3,(H,13,14)/t9-/m0/s1. The van der Waals surface area contributed by atoms with Crippen LogP contribution in [0.25, 0.3) is 0 Å². The number of aliphatic carboxylic acids is 1. The number of hydrogen-bond donors (Lipinski definition) is 1. The maximum atomic E-state index is 10.6. The Morgan fingerprint density at radius 1 is 1.38 bits per heavy atom. The summed E-state index contributed by atoms with van der Waals surface area (Å²) in [5, 5.41) is 8.67. The summed E-state index contributed by atoms with van der Waals surface area (Å²) in [6, 6.07) is 7.35. The Kier molecular flexibility index (Phi) is 4.79. The van der Waals surface area contributed by atoms with E-state index in [1.54, 1.807) is 19.2 Å². The Balaban J connectivity index is 2.54. The molecule has 0 heterocycles. The van der Waals surface area contributed by atoms with Gasteiger partial charge in [-0.25, -0.2) is 4.79 Å². The number of methoxy groups -OCH3 is 1. The van der Waals surface area contributed by atoms with Crippen molar-refractivity contribution in [2.24, 2.45) is 0 Å². The third-order valence-corrected chi connectivity index (χ3v) is 2.18.